The van der Waals surface area contributed by atoms with E-state index in [0.717, 1.165) is 11.1 Å². The number of carbonyl (C=O) groups is 1. The predicted molar refractivity (Wildman–Crippen MR) is 120 cm³/mol. The van der Waals surface area contributed by atoms with E-state index in [2.05, 4.69) is 12.1 Å². The first-order valence-corrected chi connectivity index (χ1v) is 10.3. The molecule has 4 rings (SSSR count). The average Bonchev–Trinajstić information content (AvgIpc) is 2.84. The number of aliphatic hydroxyl groups excluding tert-OH is 1. The van der Waals surface area contributed by atoms with Gasteiger partial charge in [0.15, 0.2) is 24.7 Å². The number of hydrogen-bond acceptors (Lipinski definition) is 3. The van der Waals surface area contributed by atoms with Crippen molar-refractivity contribution in [2.24, 2.45) is 0 Å². The van der Waals surface area contributed by atoms with Crippen LogP contribution in [0.4, 0.5) is 4.39 Å². The number of benzene rings is 3. The fourth-order valence-electron chi connectivity index (χ4n) is 3.36. The second-order valence-corrected chi connectivity index (χ2v) is 7.47. The summed E-state index contributed by atoms with van der Waals surface area (Å²) in [7, 11) is 0. The first-order chi connectivity index (χ1) is 15.6. The van der Waals surface area contributed by atoms with Crippen LogP contribution in [0.5, 0.6) is 5.75 Å². The second kappa shape index (κ2) is 11.4. The number of carbonyl (C=O) groups excluding carboxylic acids is 1. The molecule has 0 bridgehead atoms. The Morgan fingerprint density at radius 3 is 1.97 bits per heavy atom. The van der Waals surface area contributed by atoms with Gasteiger partial charge < -0.3 is 22.3 Å². The highest BCUT2D eigenvalue weighted by atomic mass is 35.5. The third kappa shape index (κ3) is 6.48. The normalized spacial score (nSPS) is 11.3. The number of rotatable bonds is 8. The lowest BCUT2D eigenvalue weighted by Crippen LogP contribution is -3.00. The molecule has 1 N–H and O–H groups in total. The Kier molecular flexibility index (Phi) is 8.30. The maximum Gasteiger partial charge on any atom is 0.193 e. The van der Waals surface area contributed by atoms with E-state index in [1.54, 1.807) is 24.3 Å². The number of halogens is 2. The highest BCUT2D eigenvalue weighted by Crippen LogP contribution is 2.17. The van der Waals surface area contributed by atoms with Crippen molar-refractivity contribution in [3.05, 3.63) is 120 Å². The van der Waals surface area contributed by atoms with Crippen LogP contribution >= 0.6 is 0 Å². The Morgan fingerprint density at radius 1 is 0.818 bits per heavy atom. The summed E-state index contributed by atoms with van der Waals surface area (Å²) < 4.78 is 20.6. The molecule has 1 aromatic heterocycles. The Balaban J connectivity index is 0.00000306. The summed E-state index contributed by atoms with van der Waals surface area (Å²) in [4.78, 5) is 12.4. The van der Waals surface area contributed by atoms with Crippen molar-refractivity contribution in [2.75, 3.05) is 6.61 Å². The standard InChI is InChI=1S/C27H23FNO3.ClH/c28-24-10-6-22(7-11-24)27(31)23-8-12-26(13-9-23)32-19-25(30)18-29-16-14-21(15-17-29)20-4-2-1-3-5-20;/h1-17,25,30H,18-19H2;1H/q+1;/p-1. The Bertz CT molecular complexity index is 1160. The van der Waals surface area contributed by atoms with Crippen molar-refractivity contribution in [1.29, 1.82) is 0 Å². The van der Waals surface area contributed by atoms with Crippen LogP contribution in [0.15, 0.2) is 103 Å². The van der Waals surface area contributed by atoms with Crippen LogP contribution in [-0.4, -0.2) is 23.6 Å². The van der Waals surface area contributed by atoms with Gasteiger partial charge in [0.2, 0.25) is 0 Å². The van der Waals surface area contributed by atoms with Crippen molar-refractivity contribution < 1.29 is 36.0 Å². The number of aromatic nitrogens is 1. The number of nitrogens with zero attached hydrogens (tertiary/aromatic N) is 1. The van der Waals surface area contributed by atoms with E-state index < -0.39 is 6.10 Å². The molecule has 0 saturated heterocycles. The first kappa shape index (κ1) is 24.1. The minimum absolute atomic E-state index is 0. The first-order valence-electron chi connectivity index (χ1n) is 10.3. The van der Waals surface area contributed by atoms with E-state index in [0.29, 0.717) is 23.4 Å². The van der Waals surface area contributed by atoms with E-state index in [1.807, 2.05) is 47.3 Å². The number of ketones is 1. The van der Waals surface area contributed by atoms with Crippen LogP contribution in [0.3, 0.4) is 0 Å². The number of hydrogen-bond donors (Lipinski definition) is 1. The molecule has 3 aromatic carbocycles. The summed E-state index contributed by atoms with van der Waals surface area (Å²) in [5.41, 5.74) is 3.16. The van der Waals surface area contributed by atoms with Crippen LogP contribution < -0.4 is 21.7 Å². The maximum atomic E-state index is 13.0. The molecule has 4 aromatic rings. The lowest BCUT2D eigenvalue weighted by molar-refractivity contribution is -0.703. The molecule has 168 valence electrons. The maximum absolute atomic E-state index is 13.0. The van der Waals surface area contributed by atoms with E-state index in [-0.39, 0.29) is 30.6 Å². The van der Waals surface area contributed by atoms with Gasteiger partial charge >= 0.3 is 0 Å². The summed E-state index contributed by atoms with van der Waals surface area (Å²) in [6.07, 6.45) is 3.17. The molecule has 0 fully saturated rings. The van der Waals surface area contributed by atoms with E-state index in [1.165, 1.54) is 24.3 Å². The smallest absolute Gasteiger partial charge is 0.193 e. The summed E-state index contributed by atoms with van der Waals surface area (Å²) in [5.74, 6) is -0.00905. The minimum Gasteiger partial charge on any atom is -1.00 e. The zero-order valence-electron chi connectivity index (χ0n) is 17.8. The molecule has 0 radical (unpaired) electrons. The van der Waals surface area contributed by atoms with Gasteiger partial charge in [0.25, 0.3) is 0 Å². The quantitative estimate of drug-likeness (QED) is 0.318. The van der Waals surface area contributed by atoms with Crippen LogP contribution in [-0.2, 0) is 6.54 Å². The average molecular weight is 464 g/mol. The SMILES string of the molecule is O=C(c1ccc(F)cc1)c1ccc(OCC(O)C[n+]2ccc(-c3ccccc3)cc2)cc1.[Cl-]. The Labute approximate surface area is 198 Å². The van der Waals surface area contributed by atoms with Gasteiger partial charge in [-0.05, 0) is 59.7 Å². The molecule has 0 spiro atoms. The Hall–Kier alpha value is -3.54. The monoisotopic (exact) mass is 463 g/mol. The van der Waals surface area contributed by atoms with Crippen LogP contribution in [0, 0.1) is 5.82 Å². The molecular weight excluding hydrogens is 441 g/mol. The predicted octanol–water partition coefficient (Wildman–Crippen LogP) is 1.46. The highest BCUT2D eigenvalue weighted by Gasteiger charge is 2.13. The fourth-order valence-corrected chi connectivity index (χ4v) is 3.36. The number of ether oxygens (including phenoxy) is 1. The van der Waals surface area contributed by atoms with Crippen LogP contribution in [0.2, 0.25) is 0 Å². The van der Waals surface area contributed by atoms with Gasteiger partial charge in [0.1, 0.15) is 24.3 Å². The molecule has 0 aliphatic rings. The largest absolute Gasteiger partial charge is 1.00 e. The second-order valence-electron chi connectivity index (χ2n) is 7.47. The highest BCUT2D eigenvalue weighted by molar-refractivity contribution is 6.08. The molecule has 0 aliphatic carbocycles. The van der Waals surface area contributed by atoms with Crippen molar-refractivity contribution in [2.45, 2.75) is 12.6 Å². The Morgan fingerprint density at radius 2 is 1.36 bits per heavy atom. The molecular formula is C27H23ClFNO3. The number of pyridine rings is 1. The summed E-state index contributed by atoms with van der Waals surface area (Å²) in [6.45, 7) is 0.523. The lowest BCUT2D eigenvalue weighted by Gasteiger charge is -2.11. The molecule has 6 heteroatoms. The summed E-state index contributed by atoms with van der Waals surface area (Å²) in [6, 6.07) is 26.3. The molecule has 1 heterocycles. The van der Waals surface area contributed by atoms with E-state index in [9.17, 15) is 14.3 Å². The lowest BCUT2D eigenvalue weighted by atomic mass is 10.0. The van der Waals surface area contributed by atoms with E-state index in [4.69, 9.17) is 4.74 Å². The molecule has 0 aliphatic heterocycles. The molecule has 0 saturated carbocycles. The van der Waals surface area contributed by atoms with Gasteiger partial charge in [-0.2, -0.15) is 0 Å². The molecule has 0 amide bonds. The van der Waals surface area contributed by atoms with Crippen molar-refractivity contribution >= 4 is 5.78 Å². The third-order valence-corrected chi connectivity index (χ3v) is 5.09. The molecule has 1 atom stereocenters. The van der Waals surface area contributed by atoms with Gasteiger partial charge in [-0.1, -0.05) is 30.3 Å². The zero-order chi connectivity index (χ0) is 22.3. The van der Waals surface area contributed by atoms with Crippen molar-refractivity contribution in [1.82, 2.24) is 0 Å². The van der Waals surface area contributed by atoms with Gasteiger partial charge in [-0.25, -0.2) is 8.96 Å². The summed E-state index contributed by atoms with van der Waals surface area (Å²) >= 11 is 0. The van der Waals surface area contributed by atoms with Gasteiger partial charge in [0.05, 0.1) is 0 Å². The van der Waals surface area contributed by atoms with Crippen molar-refractivity contribution in [3.8, 4) is 16.9 Å². The molecule has 4 nitrogen and oxygen atoms in total. The van der Waals surface area contributed by atoms with Gasteiger partial charge in [-0.3, -0.25) is 4.79 Å². The van der Waals surface area contributed by atoms with Crippen molar-refractivity contribution in [3.63, 3.8) is 0 Å². The van der Waals surface area contributed by atoms with E-state index >= 15 is 0 Å². The topological polar surface area (TPSA) is 50.4 Å². The number of aliphatic hydroxyl groups is 1. The zero-order valence-corrected chi connectivity index (χ0v) is 18.5. The molecule has 1 unspecified atom stereocenters. The molecule has 33 heavy (non-hydrogen) atoms. The third-order valence-electron chi connectivity index (χ3n) is 5.09. The van der Waals surface area contributed by atoms with Crippen LogP contribution in [0.25, 0.3) is 11.1 Å². The van der Waals surface area contributed by atoms with Gasteiger partial charge in [-0.15, -0.1) is 0 Å². The fraction of sp³-hybridized carbons (Fsp3) is 0.111. The summed E-state index contributed by atoms with van der Waals surface area (Å²) in [5, 5.41) is 10.3. The minimum atomic E-state index is -0.692. The van der Waals surface area contributed by atoms with Gasteiger partial charge in [0, 0.05) is 23.3 Å². The van der Waals surface area contributed by atoms with Crippen LogP contribution in [0.1, 0.15) is 15.9 Å².